The van der Waals surface area contributed by atoms with Gasteiger partial charge in [-0.3, -0.25) is 0 Å². The molecule has 2 aliphatic rings. The molecule has 10 heteroatoms. The first-order valence-corrected chi connectivity index (χ1v) is 14.1. The van der Waals surface area contributed by atoms with Crippen LogP contribution in [0.15, 0.2) is 30.7 Å². The molecule has 1 aliphatic heterocycles. The van der Waals surface area contributed by atoms with Crippen molar-refractivity contribution >= 4 is 38.1 Å². The van der Waals surface area contributed by atoms with Gasteiger partial charge in [-0.15, -0.1) is 0 Å². The van der Waals surface area contributed by atoms with Crippen LogP contribution in [-0.4, -0.2) is 64.7 Å². The Balaban J connectivity index is 1.42. The third kappa shape index (κ3) is 4.81. The summed E-state index contributed by atoms with van der Waals surface area (Å²) in [6.45, 7) is 7.70. The van der Waals surface area contributed by atoms with Crippen molar-refractivity contribution < 1.29 is 13.5 Å². The first-order valence-electron chi connectivity index (χ1n) is 12.0. The van der Waals surface area contributed by atoms with Crippen molar-refractivity contribution in [3.05, 3.63) is 42.1 Å². The number of aliphatic hydroxyl groups is 1. The van der Waals surface area contributed by atoms with E-state index in [0.29, 0.717) is 37.6 Å². The van der Waals surface area contributed by atoms with Crippen LogP contribution >= 0.6 is 0 Å². The van der Waals surface area contributed by atoms with Crippen molar-refractivity contribution in [2.75, 3.05) is 35.3 Å². The number of hydrogen-bond donors (Lipinski definition) is 2. The van der Waals surface area contributed by atoms with Gasteiger partial charge in [-0.2, -0.15) is 0 Å². The molecular weight excluding hydrogens is 464 g/mol. The highest BCUT2D eigenvalue weighted by Gasteiger charge is 2.43. The van der Waals surface area contributed by atoms with E-state index >= 15 is 0 Å². The number of fused-ring (bicyclic) bond motifs is 1. The summed E-state index contributed by atoms with van der Waals surface area (Å²) in [5.74, 6) is 3.52. The third-order valence-corrected chi connectivity index (χ3v) is 8.10. The average Bonchev–Trinajstić information content (AvgIpc) is 2.73. The molecule has 0 spiro atoms. The van der Waals surface area contributed by atoms with Gasteiger partial charge in [-0.05, 0) is 41.8 Å². The number of aromatic nitrogens is 4. The van der Waals surface area contributed by atoms with E-state index in [0.717, 1.165) is 28.0 Å². The Morgan fingerprint density at radius 2 is 1.89 bits per heavy atom. The van der Waals surface area contributed by atoms with Crippen molar-refractivity contribution in [3.8, 4) is 0 Å². The van der Waals surface area contributed by atoms with E-state index in [2.05, 4.69) is 41.0 Å². The van der Waals surface area contributed by atoms with Crippen LogP contribution in [0.5, 0.6) is 0 Å². The number of nitrogens with one attached hydrogen (secondary N) is 1. The highest BCUT2D eigenvalue weighted by molar-refractivity contribution is 7.90. The SMILES string of the molecule is CC(C)c1cnc(N2CC(CS(C)(=O)=O)C2)c2cnc(Nc3ccnc([C@]4(C)C[C@@H](O)C4)n3)cc12. The molecule has 0 amide bonds. The van der Waals surface area contributed by atoms with Crippen molar-refractivity contribution in [3.63, 3.8) is 0 Å². The van der Waals surface area contributed by atoms with Crippen molar-refractivity contribution in [1.82, 2.24) is 19.9 Å². The molecule has 1 saturated heterocycles. The lowest BCUT2D eigenvalue weighted by Crippen LogP contribution is -2.50. The van der Waals surface area contributed by atoms with Crippen LogP contribution in [0.1, 0.15) is 50.9 Å². The van der Waals surface area contributed by atoms with Crippen LogP contribution in [-0.2, 0) is 15.3 Å². The summed E-state index contributed by atoms with van der Waals surface area (Å²) in [5, 5.41) is 15.1. The molecule has 0 atom stereocenters. The summed E-state index contributed by atoms with van der Waals surface area (Å²) in [6, 6.07) is 3.84. The van der Waals surface area contributed by atoms with Gasteiger partial charge in [0.25, 0.3) is 0 Å². The molecule has 3 aromatic rings. The van der Waals surface area contributed by atoms with E-state index in [1.165, 1.54) is 6.26 Å². The quantitative estimate of drug-likeness (QED) is 0.508. The molecule has 3 aromatic heterocycles. The fourth-order valence-corrected chi connectivity index (χ4v) is 6.28. The number of rotatable bonds is 7. The van der Waals surface area contributed by atoms with Crippen LogP contribution in [0.3, 0.4) is 0 Å². The first-order chi connectivity index (χ1) is 16.5. The van der Waals surface area contributed by atoms with Crippen molar-refractivity contribution in [2.45, 2.75) is 51.0 Å². The van der Waals surface area contributed by atoms with Gasteiger partial charge in [0.1, 0.15) is 33.1 Å². The minimum atomic E-state index is -2.99. The predicted octanol–water partition coefficient (Wildman–Crippen LogP) is 3.18. The van der Waals surface area contributed by atoms with Crippen LogP contribution in [0, 0.1) is 5.92 Å². The summed E-state index contributed by atoms with van der Waals surface area (Å²) in [6.07, 6.45) is 7.82. The van der Waals surface area contributed by atoms with E-state index in [1.54, 1.807) is 6.20 Å². The first kappa shape index (κ1) is 23.9. The number of sulfone groups is 1. The number of aliphatic hydroxyl groups excluding tert-OH is 1. The van der Waals surface area contributed by atoms with Crippen LogP contribution in [0.4, 0.5) is 17.5 Å². The normalized spacial score (nSPS) is 22.8. The molecule has 186 valence electrons. The van der Waals surface area contributed by atoms with E-state index < -0.39 is 9.84 Å². The molecule has 0 bridgehead atoms. The molecule has 2 N–H and O–H groups in total. The van der Waals surface area contributed by atoms with Crippen molar-refractivity contribution in [1.29, 1.82) is 0 Å². The Bertz CT molecular complexity index is 1360. The van der Waals surface area contributed by atoms with Crippen molar-refractivity contribution in [2.24, 2.45) is 5.92 Å². The number of hydrogen-bond acceptors (Lipinski definition) is 9. The molecule has 2 fully saturated rings. The summed E-state index contributed by atoms with van der Waals surface area (Å²) < 4.78 is 23.3. The molecule has 0 aromatic carbocycles. The Morgan fingerprint density at radius 1 is 1.14 bits per heavy atom. The van der Waals surface area contributed by atoms with Gasteiger partial charge in [0.15, 0.2) is 0 Å². The van der Waals surface area contributed by atoms with Gasteiger partial charge >= 0.3 is 0 Å². The minimum absolute atomic E-state index is 0.131. The fraction of sp³-hybridized carbons (Fsp3) is 0.520. The standard InChI is InChI=1S/C25H32N6O3S/c1-15(2)19-10-28-23(31-12-16(13-31)14-35(4,33)34)20-11-27-22(7-18(19)20)29-21-5-6-26-24(30-21)25(3)8-17(32)9-25/h5-7,10-11,15-17,32H,8-9,12-14H2,1-4H3,(H,26,27,29,30)/t17-,25-. The zero-order valence-electron chi connectivity index (χ0n) is 20.6. The van der Waals surface area contributed by atoms with E-state index in [9.17, 15) is 13.5 Å². The molecule has 9 nitrogen and oxygen atoms in total. The molecule has 0 radical (unpaired) electrons. The van der Waals surface area contributed by atoms with Gasteiger partial charge in [0, 0.05) is 54.7 Å². The lowest BCUT2D eigenvalue weighted by molar-refractivity contribution is 0.0230. The summed E-state index contributed by atoms with van der Waals surface area (Å²) in [7, 11) is -2.99. The highest BCUT2D eigenvalue weighted by Crippen LogP contribution is 2.42. The molecule has 35 heavy (non-hydrogen) atoms. The van der Waals surface area contributed by atoms with Gasteiger partial charge in [0.2, 0.25) is 0 Å². The topological polar surface area (TPSA) is 121 Å². The summed E-state index contributed by atoms with van der Waals surface area (Å²) in [5.41, 5.74) is 0.924. The Labute approximate surface area is 206 Å². The van der Waals surface area contributed by atoms with Crippen LogP contribution in [0.25, 0.3) is 10.8 Å². The zero-order chi connectivity index (χ0) is 25.0. The Morgan fingerprint density at radius 3 is 2.54 bits per heavy atom. The van der Waals surface area contributed by atoms with E-state index in [4.69, 9.17) is 9.97 Å². The van der Waals surface area contributed by atoms with Crippen LogP contribution < -0.4 is 10.2 Å². The zero-order valence-corrected chi connectivity index (χ0v) is 21.4. The molecule has 1 aliphatic carbocycles. The number of pyridine rings is 2. The average molecular weight is 497 g/mol. The number of anilines is 3. The second-order valence-electron chi connectivity index (χ2n) is 10.7. The minimum Gasteiger partial charge on any atom is -0.393 e. The summed E-state index contributed by atoms with van der Waals surface area (Å²) >= 11 is 0. The summed E-state index contributed by atoms with van der Waals surface area (Å²) in [4.78, 5) is 20.6. The smallest absolute Gasteiger partial charge is 0.147 e. The molecular formula is C25H32N6O3S. The second kappa shape index (κ2) is 8.67. The predicted molar refractivity (Wildman–Crippen MR) is 137 cm³/mol. The van der Waals surface area contributed by atoms with E-state index in [1.807, 2.05) is 24.5 Å². The maximum Gasteiger partial charge on any atom is 0.147 e. The third-order valence-electron chi connectivity index (χ3n) is 7.02. The van der Waals surface area contributed by atoms with Crippen LogP contribution in [0.2, 0.25) is 0 Å². The molecule has 5 rings (SSSR count). The van der Waals surface area contributed by atoms with E-state index in [-0.39, 0.29) is 29.1 Å². The lowest BCUT2D eigenvalue weighted by atomic mass is 9.68. The maximum atomic E-state index is 11.6. The van der Waals surface area contributed by atoms with Gasteiger partial charge in [-0.25, -0.2) is 28.4 Å². The highest BCUT2D eigenvalue weighted by atomic mass is 32.2. The Kier molecular flexibility index (Phi) is 5.91. The fourth-order valence-electron chi connectivity index (χ4n) is 5.21. The second-order valence-corrected chi connectivity index (χ2v) is 12.9. The largest absolute Gasteiger partial charge is 0.393 e. The Hall–Kier alpha value is -2.85. The van der Waals surface area contributed by atoms with Gasteiger partial charge in [-0.1, -0.05) is 20.8 Å². The monoisotopic (exact) mass is 496 g/mol. The molecule has 1 saturated carbocycles. The lowest BCUT2D eigenvalue weighted by Gasteiger charge is -2.41. The number of nitrogens with zero attached hydrogens (tertiary/aromatic N) is 5. The molecule has 0 unspecified atom stereocenters. The maximum absolute atomic E-state index is 11.6. The molecule has 4 heterocycles. The van der Waals surface area contributed by atoms with Gasteiger partial charge in [0.05, 0.1) is 11.9 Å². The van der Waals surface area contributed by atoms with Gasteiger partial charge < -0.3 is 15.3 Å².